The van der Waals surface area contributed by atoms with Gasteiger partial charge in [-0.25, -0.2) is 4.39 Å². The lowest BCUT2D eigenvalue weighted by atomic mass is 10.2. The van der Waals surface area contributed by atoms with Crippen LogP contribution in [0.5, 0.6) is 0 Å². The molecule has 0 atom stereocenters. The minimum atomic E-state index is -0.193. The van der Waals surface area contributed by atoms with Gasteiger partial charge in [-0.2, -0.15) is 0 Å². The van der Waals surface area contributed by atoms with Crippen molar-refractivity contribution in [1.29, 1.82) is 0 Å². The van der Waals surface area contributed by atoms with Gasteiger partial charge in [-0.05, 0) is 30.7 Å². The predicted octanol–water partition coefficient (Wildman–Crippen LogP) is 3.24. The van der Waals surface area contributed by atoms with Gasteiger partial charge in [0.1, 0.15) is 5.82 Å². The molecule has 0 spiro atoms. The van der Waals surface area contributed by atoms with Crippen LogP contribution in [-0.4, -0.2) is 16.0 Å². The molecule has 1 rings (SSSR count). The molecule has 0 N–H and O–H groups in total. The van der Waals surface area contributed by atoms with Gasteiger partial charge in [-0.3, -0.25) is 25.8 Å². The Balaban J connectivity index is 0.000000292. The van der Waals surface area contributed by atoms with Crippen molar-refractivity contribution in [2.24, 2.45) is 0 Å². The van der Waals surface area contributed by atoms with E-state index < -0.39 is 0 Å². The molecule has 0 heterocycles. The Morgan fingerprint density at radius 2 is 2.09 bits per heavy atom. The van der Waals surface area contributed by atoms with Gasteiger partial charge in [0.25, 0.3) is 0 Å². The third-order valence-corrected chi connectivity index (χ3v) is 0.908. The highest BCUT2D eigenvalue weighted by Crippen LogP contribution is 1.98. The molecule has 0 saturated heterocycles. The Bertz CT molecular complexity index is 188. The van der Waals surface area contributed by atoms with Gasteiger partial charge in [0.2, 0.25) is 0 Å². The predicted molar refractivity (Wildman–Crippen MR) is 53.6 cm³/mol. The molecule has 0 bridgehead atoms. The quantitative estimate of drug-likeness (QED) is 0.644. The summed E-state index contributed by atoms with van der Waals surface area (Å²) in [6, 6.07) is 7.23. The first-order valence-corrected chi connectivity index (χ1v) is 10.8. The molecular weight excluding hydrogens is 287 g/mol. The van der Waals surface area contributed by atoms with E-state index in [9.17, 15) is 4.39 Å². The second-order valence-corrected chi connectivity index (χ2v) is 9.87. The van der Waals surface area contributed by atoms with Crippen molar-refractivity contribution in [3.63, 3.8) is 0 Å². The Morgan fingerprint density at radius 3 is 2.36 bits per heavy atom. The van der Waals surface area contributed by atoms with Gasteiger partial charge in [-0.15, -0.1) is 0 Å². The van der Waals surface area contributed by atoms with E-state index in [1.165, 1.54) is 12.1 Å². The van der Waals surface area contributed by atoms with E-state index in [1.54, 1.807) is 6.07 Å². The number of aryl methyl sites for hydroxylation is 1. The summed E-state index contributed by atoms with van der Waals surface area (Å²) >= 11 is 6.44. The summed E-state index contributed by atoms with van der Waals surface area (Å²) < 4.78 is 12.1. The minimum absolute atomic E-state index is 0.0417. The molecule has 0 saturated carbocycles. The molecule has 0 nitrogen and oxygen atoms in total. The van der Waals surface area contributed by atoms with Gasteiger partial charge in [0.15, 0.2) is 0 Å². The minimum Gasteiger partial charge on any atom is -0.280 e. The molecular formula is C7H6Br2FMg. The SMILES string of the molecule is Cc1[c]ccc(F)c1.[Br][Mg][Br]. The molecule has 0 aromatic heterocycles. The van der Waals surface area contributed by atoms with Gasteiger partial charge in [-0.1, -0.05) is 6.07 Å². The Hall–Kier alpha value is 0.876. The Kier molecular flexibility index (Phi) is 8.12. The van der Waals surface area contributed by atoms with Crippen molar-refractivity contribution in [2.75, 3.05) is 0 Å². The highest BCUT2D eigenvalue weighted by molar-refractivity contribution is 9.47. The lowest BCUT2D eigenvalue weighted by Gasteiger charge is -1.86. The zero-order chi connectivity index (χ0) is 8.69. The highest BCUT2D eigenvalue weighted by Gasteiger charge is 1.85. The largest absolute Gasteiger partial charge is 0.560 e. The normalized spacial score (nSPS) is 7.64. The summed E-state index contributed by atoms with van der Waals surface area (Å²) in [7, 11) is 0. The molecule has 0 aliphatic carbocycles. The molecule has 1 radical (unpaired) electrons. The standard InChI is InChI=1S/C7H6F.2BrH.Mg/c1-6-3-2-4-7(8)5-6;;;/h2,4-5H,1H3;2*1H;/q;;;+2/p-2. The average Bonchev–Trinajstić information content (AvgIpc) is 1.88. The van der Waals surface area contributed by atoms with Gasteiger partial charge >= 0.3 is 16.0 Å². The van der Waals surface area contributed by atoms with Crippen LogP contribution in [0.3, 0.4) is 0 Å². The van der Waals surface area contributed by atoms with E-state index in [1.807, 2.05) is 6.92 Å². The molecule has 11 heavy (non-hydrogen) atoms. The fourth-order valence-corrected chi connectivity index (χ4v) is 0.549. The van der Waals surface area contributed by atoms with E-state index in [0.29, 0.717) is 0 Å². The first-order chi connectivity index (χ1) is 5.20. The van der Waals surface area contributed by atoms with Crippen LogP contribution in [0.15, 0.2) is 18.2 Å². The maximum absolute atomic E-state index is 12.1. The molecule has 57 valence electrons. The van der Waals surface area contributed by atoms with Crippen molar-refractivity contribution >= 4 is 41.8 Å². The number of rotatable bonds is 0. The lowest BCUT2D eigenvalue weighted by Crippen LogP contribution is -1.73. The molecule has 4 heteroatoms. The van der Waals surface area contributed by atoms with E-state index in [0.717, 1.165) is 5.56 Å². The Labute approximate surface area is 88.0 Å². The van der Waals surface area contributed by atoms with Crippen LogP contribution in [0.4, 0.5) is 4.39 Å². The van der Waals surface area contributed by atoms with Crippen molar-refractivity contribution in [2.45, 2.75) is 6.92 Å². The zero-order valence-electron chi connectivity index (χ0n) is 6.07. The third kappa shape index (κ3) is 7.24. The molecule has 0 aliphatic rings. The average molecular weight is 293 g/mol. The summed E-state index contributed by atoms with van der Waals surface area (Å²) in [6.07, 6.45) is 0. The van der Waals surface area contributed by atoms with E-state index in [2.05, 4.69) is 31.8 Å². The summed E-state index contributed by atoms with van der Waals surface area (Å²) in [4.78, 5) is 0. The van der Waals surface area contributed by atoms with Crippen LogP contribution in [0.25, 0.3) is 0 Å². The Morgan fingerprint density at radius 1 is 1.55 bits per heavy atom. The fraction of sp³-hybridized carbons (Fsp3) is 0.143. The maximum atomic E-state index is 12.1. The van der Waals surface area contributed by atoms with Crippen LogP contribution in [0, 0.1) is 18.8 Å². The number of halogens is 3. The topological polar surface area (TPSA) is 0 Å². The monoisotopic (exact) mass is 291 g/mol. The van der Waals surface area contributed by atoms with Crippen LogP contribution in [-0.2, 0) is 0 Å². The van der Waals surface area contributed by atoms with Crippen molar-refractivity contribution in [1.82, 2.24) is 0 Å². The summed E-state index contributed by atoms with van der Waals surface area (Å²) in [6.45, 7) is 1.81. The number of hydrogen-bond acceptors (Lipinski definition) is 0. The first-order valence-electron chi connectivity index (χ1n) is 2.96. The lowest BCUT2D eigenvalue weighted by molar-refractivity contribution is 0.626. The summed E-state index contributed by atoms with van der Waals surface area (Å²) in [5.74, 6) is -0.193. The number of benzene rings is 1. The second-order valence-electron chi connectivity index (χ2n) is 1.79. The second kappa shape index (κ2) is 7.52. The van der Waals surface area contributed by atoms with Crippen molar-refractivity contribution in [3.05, 3.63) is 35.6 Å². The van der Waals surface area contributed by atoms with Crippen LogP contribution in [0.1, 0.15) is 5.56 Å². The summed E-state index contributed by atoms with van der Waals surface area (Å²) in [5.41, 5.74) is 0.838. The van der Waals surface area contributed by atoms with Crippen molar-refractivity contribution in [3.8, 4) is 0 Å². The van der Waals surface area contributed by atoms with Gasteiger partial charge in [0, 0.05) is 0 Å². The molecule has 0 unspecified atom stereocenters. The number of hydrogen-bond donors (Lipinski definition) is 0. The maximum Gasteiger partial charge on any atom is 0.560 e. The van der Waals surface area contributed by atoms with E-state index in [-0.39, 0.29) is 21.8 Å². The van der Waals surface area contributed by atoms with Crippen molar-refractivity contribution < 1.29 is 4.39 Å². The van der Waals surface area contributed by atoms with Crippen LogP contribution in [0.2, 0.25) is 0 Å². The van der Waals surface area contributed by atoms with Crippen LogP contribution >= 0.6 is 25.8 Å². The molecule has 0 aliphatic heterocycles. The highest BCUT2D eigenvalue weighted by atomic mass is 79.9. The van der Waals surface area contributed by atoms with Gasteiger partial charge < -0.3 is 0 Å². The van der Waals surface area contributed by atoms with Crippen LogP contribution < -0.4 is 0 Å². The fourth-order valence-electron chi connectivity index (χ4n) is 0.549. The third-order valence-electron chi connectivity index (χ3n) is 0.908. The smallest absolute Gasteiger partial charge is 0.280 e. The summed E-state index contributed by atoms with van der Waals surface area (Å²) in [5, 5.41) is 0. The zero-order valence-corrected chi connectivity index (χ0v) is 10.7. The van der Waals surface area contributed by atoms with Gasteiger partial charge in [0.05, 0.1) is 0 Å². The van der Waals surface area contributed by atoms with E-state index >= 15 is 0 Å². The molecule has 1 aromatic carbocycles. The molecule has 0 fully saturated rings. The molecule has 1 aromatic rings. The first kappa shape index (κ1) is 11.9. The molecule has 0 amide bonds. The van der Waals surface area contributed by atoms with E-state index in [4.69, 9.17) is 0 Å².